The zero-order valence-electron chi connectivity index (χ0n) is 19.8. The summed E-state index contributed by atoms with van der Waals surface area (Å²) >= 11 is 0. The normalized spacial score (nSPS) is 13.1. The second-order valence-electron chi connectivity index (χ2n) is 8.91. The molecule has 9 nitrogen and oxygen atoms in total. The number of anilines is 1. The van der Waals surface area contributed by atoms with Crippen LogP contribution in [0.1, 0.15) is 41.4 Å². The molecule has 2 amide bonds. The molecule has 0 spiro atoms. The van der Waals surface area contributed by atoms with Gasteiger partial charge in [0.1, 0.15) is 6.61 Å². The van der Waals surface area contributed by atoms with Crippen LogP contribution in [0.3, 0.4) is 0 Å². The maximum atomic E-state index is 12.7. The summed E-state index contributed by atoms with van der Waals surface area (Å²) in [6.45, 7) is 3.63. The first-order valence-corrected chi connectivity index (χ1v) is 11.4. The average molecular weight is 477 g/mol. The molecule has 182 valence electrons. The van der Waals surface area contributed by atoms with E-state index in [0.717, 1.165) is 22.3 Å². The number of hydrogen-bond acceptors (Lipinski definition) is 5. The molecule has 2 aromatic carbocycles. The van der Waals surface area contributed by atoms with Crippen molar-refractivity contribution in [3.05, 3.63) is 71.5 Å². The minimum absolute atomic E-state index is 0.0195. The Balaban J connectivity index is 1.42. The molecule has 35 heavy (non-hydrogen) atoms. The van der Waals surface area contributed by atoms with Crippen molar-refractivity contribution in [2.75, 3.05) is 18.5 Å². The Morgan fingerprint density at radius 2 is 1.66 bits per heavy atom. The Morgan fingerprint density at radius 1 is 1.06 bits per heavy atom. The van der Waals surface area contributed by atoms with Crippen LogP contribution in [-0.2, 0) is 16.6 Å². The van der Waals surface area contributed by atoms with Crippen LogP contribution in [0.2, 0.25) is 0 Å². The molecule has 0 bridgehead atoms. The first-order chi connectivity index (χ1) is 16.8. The number of benzene rings is 2. The highest BCUT2D eigenvalue weighted by molar-refractivity contribution is 6.01. The number of carboxylic acids is 1. The van der Waals surface area contributed by atoms with Crippen LogP contribution in [-0.4, -0.2) is 46.0 Å². The lowest BCUT2D eigenvalue weighted by Gasteiger charge is -2.16. The summed E-state index contributed by atoms with van der Waals surface area (Å²) in [5.74, 6) is -2.55. The van der Waals surface area contributed by atoms with Crippen LogP contribution >= 0.6 is 0 Å². The summed E-state index contributed by atoms with van der Waals surface area (Å²) in [6, 6.07) is 16.1. The molecule has 1 aromatic heterocycles. The van der Waals surface area contributed by atoms with Crippen molar-refractivity contribution in [1.82, 2.24) is 15.1 Å². The number of nitrogens with zero attached hydrogens (tertiary/aromatic N) is 2. The Hall–Kier alpha value is -4.14. The molecule has 0 radical (unpaired) electrons. The van der Waals surface area contributed by atoms with E-state index in [9.17, 15) is 19.5 Å². The van der Waals surface area contributed by atoms with E-state index in [2.05, 4.69) is 27.9 Å². The van der Waals surface area contributed by atoms with Crippen molar-refractivity contribution in [3.8, 4) is 11.1 Å². The molecule has 0 aliphatic heterocycles. The number of nitrogens with one attached hydrogen (secondary N) is 2. The highest BCUT2D eigenvalue weighted by Gasteiger charge is 2.29. The zero-order chi connectivity index (χ0) is 25.1. The van der Waals surface area contributed by atoms with Gasteiger partial charge in [0.2, 0.25) is 0 Å². The molecular formula is C26H28N4O5. The molecule has 0 saturated carbocycles. The van der Waals surface area contributed by atoms with Crippen molar-refractivity contribution >= 4 is 23.7 Å². The molecule has 1 heterocycles. The third-order valence-corrected chi connectivity index (χ3v) is 6.23. The number of aliphatic carboxylic acids is 1. The van der Waals surface area contributed by atoms with Crippen molar-refractivity contribution in [2.45, 2.75) is 19.8 Å². The van der Waals surface area contributed by atoms with Crippen LogP contribution in [0, 0.1) is 11.8 Å². The van der Waals surface area contributed by atoms with Crippen LogP contribution in [0.5, 0.6) is 0 Å². The van der Waals surface area contributed by atoms with Gasteiger partial charge in [0, 0.05) is 25.7 Å². The third-order valence-electron chi connectivity index (χ3n) is 6.23. The fourth-order valence-corrected chi connectivity index (χ4v) is 4.39. The molecule has 1 aliphatic rings. The predicted octanol–water partition coefficient (Wildman–Crippen LogP) is 3.87. The van der Waals surface area contributed by atoms with E-state index in [0.29, 0.717) is 0 Å². The number of aryl methyl sites for hydroxylation is 1. The van der Waals surface area contributed by atoms with Gasteiger partial charge in [-0.1, -0.05) is 62.4 Å². The van der Waals surface area contributed by atoms with Gasteiger partial charge in [-0.3, -0.25) is 19.6 Å². The van der Waals surface area contributed by atoms with Gasteiger partial charge in [-0.15, -0.1) is 0 Å². The number of amides is 2. The van der Waals surface area contributed by atoms with Crippen LogP contribution < -0.4 is 10.6 Å². The van der Waals surface area contributed by atoms with Crippen molar-refractivity contribution < 1.29 is 24.2 Å². The maximum absolute atomic E-state index is 12.7. The Kier molecular flexibility index (Phi) is 6.86. The molecule has 4 rings (SSSR count). The van der Waals surface area contributed by atoms with Crippen molar-refractivity contribution in [1.29, 1.82) is 0 Å². The number of hydrogen-bond donors (Lipinski definition) is 3. The number of rotatable bonds is 8. The quantitative estimate of drug-likeness (QED) is 0.454. The van der Waals surface area contributed by atoms with Crippen LogP contribution in [0.15, 0.2) is 54.7 Å². The van der Waals surface area contributed by atoms with Gasteiger partial charge in [-0.25, -0.2) is 4.79 Å². The van der Waals surface area contributed by atoms with Gasteiger partial charge in [-0.05, 0) is 28.2 Å². The lowest BCUT2D eigenvalue weighted by molar-refractivity contribution is -0.142. The summed E-state index contributed by atoms with van der Waals surface area (Å²) in [4.78, 5) is 36.7. The van der Waals surface area contributed by atoms with Gasteiger partial charge >= 0.3 is 12.1 Å². The lowest BCUT2D eigenvalue weighted by atomic mass is 9.96. The molecule has 3 aromatic rings. The number of fused-ring (bicyclic) bond motifs is 3. The zero-order valence-corrected chi connectivity index (χ0v) is 19.8. The lowest BCUT2D eigenvalue weighted by Crippen LogP contribution is -2.36. The van der Waals surface area contributed by atoms with Gasteiger partial charge in [0.05, 0.1) is 11.6 Å². The number of carbonyl (C=O) groups is 3. The summed E-state index contributed by atoms with van der Waals surface area (Å²) < 4.78 is 6.95. The van der Waals surface area contributed by atoms with E-state index < -0.39 is 23.9 Å². The number of aromatic nitrogens is 2. The predicted molar refractivity (Wildman–Crippen MR) is 130 cm³/mol. The molecular weight excluding hydrogens is 448 g/mol. The second kappa shape index (κ2) is 10.0. The highest BCUT2D eigenvalue weighted by atomic mass is 16.5. The Bertz CT molecular complexity index is 1220. The van der Waals surface area contributed by atoms with Gasteiger partial charge in [0.15, 0.2) is 5.69 Å². The monoisotopic (exact) mass is 476 g/mol. The standard InChI is InChI=1S/C26H28N4O5/c1-15(2)20(25(32)33)12-27-24(31)23-22(13-30(3)29-23)28-26(34)35-14-21-18-10-6-4-8-16(18)17-9-5-7-11-19(17)21/h4-11,13,15,20-21H,12,14H2,1-3H3,(H,27,31)(H,28,34)(H,32,33). The second-order valence-corrected chi connectivity index (χ2v) is 8.91. The number of carboxylic acid groups (broad SMARTS) is 1. The van der Waals surface area contributed by atoms with Gasteiger partial charge in [0.25, 0.3) is 5.91 Å². The summed E-state index contributed by atoms with van der Waals surface area (Å²) in [6.07, 6.45) is 0.785. The van der Waals surface area contributed by atoms with Crippen molar-refractivity contribution in [2.24, 2.45) is 18.9 Å². The van der Waals surface area contributed by atoms with Crippen molar-refractivity contribution in [3.63, 3.8) is 0 Å². The molecule has 1 unspecified atom stereocenters. The molecule has 0 saturated heterocycles. The van der Waals surface area contributed by atoms with E-state index in [1.807, 2.05) is 36.4 Å². The average Bonchev–Trinajstić information content (AvgIpc) is 3.34. The van der Waals surface area contributed by atoms with E-state index >= 15 is 0 Å². The fourth-order valence-electron chi connectivity index (χ4n) is 4.39. The fraction of sp³-hybridized carbons (Fsp3) is 0.308. The topological polar surface area (TPSA) is 123 Å². The number of carbonyl (C=O) groups excluding carboxylic acids is 2. The molecule has 0 fully saturated rings. The summed E-state index contributed by atoms with van der Waals surface area (Å²) in [5, 5.41) is 18.6. The summed E-state index contributed by atoms with van der Waals surface area (Å²) in [5.41, 5.74) is 4.61. The third kappa shape index (κ3) is 5.03. The first kappa shape index (κ1) is 24.0. The Morgan fingerprint density at radius 3 is 2.23 bits per heavy atom. The largest absolute Gasteiger partial charge is 0.481 e. The van der Waals surface area contributed by atoms with Gasteiger partial charge in [-0.2, -0.15) is 5.10 Å². The van der Waals surface area contributed by atoms with E-state index in [1.54, 1.807) is 20.9 Å². The molecule has 1 atom stereocenters. The minimum atomic E-state index is -0.988. The highest BCUT2D eigenvalue weighted by Crippen LogP contribution is 2.44. The van der Waals surface area contributed by atoms with Crippen LogP contribution in [0.4, 0.5) is 10.5 Å². The smallest absolute Gasteiger partial charge is 0.411 e. The number of ether oxygens (including phenoxy) is 1. The first-order valence-electron chi connectivity index (χ1n) is 11.4. The van der Waals surface area contributed by atoms with Gasteiger partial charge < -0.3 is 15.2 Å². The minimum Gasteiger partial charge on any atom is -0.481 e. The molecule has 1 aliphatic carbocycles. The van der Waals surface area contributed by atoms with Crippen LogP contribution in [0.25, 0.3) is 11.1 Å². The Labute approximate surface area is 203 Å². The SMILES string of the molecule is CC(C)C(CNC(=O)c1nn(C)cc1NC(=O)OCC1c2ccccc2-c2ccccc21)C(=O)O. The molecule has 3 N–H and O–H groups in total. The maximum Gasteiger partial charge on any atom is 0.411 e. The van der Waals surface area contributed by atoms with E-state index in [4.69, 9.17) is 4.74 Å². The van der Waals surface area contributed by atoms with E-state index in [-0.39, 0.29) is 36.4 Å². The van der Waals surface area contributed by atoms with E-state index in [1.165, 1.54) is 10.9 Å². The summed E-state index contributed by atoms with van der Waals surface area (Å²) in [7, 11) is 1.62. The molecule has 9 heteroatoms.